The molecule has 8 nitrogen and oxygen atoms in total. The summed E-state index contributed by atoms with van der Waals surface area (Å²) in [4.78, 5) is 37.3. The Morgan fingerprint density at radius 3 is 2.59 bits per heavy atom. The molecule has 1 aliphatic heterocycles. The summed E-state index contributed by atoms with van der Waals surface area (Å²) in [6.07, 6.45) is 7.48. The zero-order valence-electron chi connectivity index (χ0n) is 19.0. The Bertz CT molecular complexity index is 1210. The molecule has 34 heavy (non-hydrogen) atoms. The van der Waals surface area contributed by atoms with E-state index in [0.717, 1.165) is 24.0 Å². The van der Waals surface area contributed by atoms with Crippen molar-refractivity contribution in [1.82, 2.24) is 9.97 Å². The SMILES string of the molecule is C#CCOc1cnc(C(=O)Nc2cc(F)c(F)c([C@@]3(C)N=C(N)S[C@](C)(C(C)=O)C3C)c2)cn1. The van der Waals surface area contributed by atoms with Crippen LogP contribution >= 0.6 is 11.8 Å². The molecule has 0 radical (unpaired) electrons. The normalized spacial score (nSPS) is 24.0. The second-order valence-electron chi connectivity index (χ2n) is 8.09. The summed E-state index contributed by atoms with van der Waals surface area (Å²) in [6.45, 7) is 6.41. The van der Waals surface area contributed by atoms with Crippen molar-refractivity contribution >= 4 is 34.3 Å². The van der Waals surface area contributed by atoms with Crippen LogP contribution in [-0.4, -0.2) is 38.2 Å². The van der Waals surface area contributed by atoms with Gasteiger partial charge in [0.05, 0.1) is 22.7 Å². The molecule has 178 valence electrons. The minimum atomic E-state index is -1.38. The second kappa shape index (κ2) is 9.38. The number of Topliss-reactive ketones (excluding diaryl/α,β-unsaturated/α-hetero) is 1. The third kappa shape index (κ3) is 4.59. The zero-order chi connectivity index (χ0) is 25.3. The highest BCUT2D eigenvalue weighted by molar-refractivity contribution is 8.15. The fourth-order valence-electron chi connectivity index (χ4n) is 3.71. The van der Waals surface area contributed by atoms with Crippen LogP contribution in [0.15, 0.2) is 29.5 Å². The number of nitrogens with two attached hydrogens (primary N) is 1. The molecule has 1 unspecified atom stereocenters. The lowest BCUT2D eigenvalue weighted by atomic mass is 9.72. The average Bonchev–Trinajstić information content (AvgIpc) is 2.78. The molecule has 0 saturated heterocycles. The number of benzene rings is 1. The van der Waals surface area contributed by atoms with Gasteiger partial charge in [0.25, 0.3) is 5.91 Å². The molecule has 0 spiro atoms. The molecule has 3 N–H and O–H groups in total. The number of terminal acetylenes is 1. The lowest BCUT2D eigenvalue weighted by Gasteiger charge is -2.46. The van der Waals surface area contributed by atoms with Crippen LogP contribution in [0.3, 0.4) is 0 Å². The first-order valence-electron chi connectivity index (χ1n) is 10.2. The number of nitrogens with zero attached hydrogens (tertiary/aromatic N) is 3. The molecule has 11 heteroatoms. The zero-order valence-corrected chi connectivity index (χ0v) is 19.8. The minimum Gasteiger partial charge on any atom is -0.463 e. The fraction of sp³-hybridized carbons (Fsp3) is 0.348. The molecule has 0 fully saturated rings. The highest BCUT2D eigenvalue weighted by Gasteiger charge is 2.52. The van der Waals surface area contributed by atoms with E-state index in [9.17, 15) is 14.0 Å². The molecule has 0 bridgehead atoms. The van der Waals surface area contributed by atoms with Crippen molar-refractivity contribution in [2.45, 2.75) is 38.0 Å². The van der Waals surface area contributed by atoms with Crippen molar-refractivity contribution in [2.24, 2.45) is 16.6 Å². The number of nitrogens with one attached hydrogen (secondary N) is 1. The van der Waals surface area contributed by atoms with Crippen molar-refractivity contribution < 1.29 is 23.1 Å². The molecular formula is C23H23F2N5O3S. The van der Waals surface area contributed by atoms with Crippen molar-refractivity contribution in [3.8, 4) is 18.2 Å². The minimum absolute atomic E-state index is 0.0107. The van der Waals surface area contributed by atoms with Crippen LogP contribution in [0.25, 0.3) is 0 Å². The number of halogens is 2. The molecule has 1 aromatic heterocycles. The van der Waals surface area contributed by atoms with E-state index in [2.05, 4.69) is 26.2 Å². The molecule has 0 aliphatic carbocycles. The van der Waals surface area contributed by atoms with Gasteiger partial charge in [-0.2, -0.15) is 0 Å². The molecule has 1 aliphatic rings. The number of thioether (sulfide) groups is 1. The van der Waals surface area contributed by atoms with Crippen molar-refractivity contribution in [3.63, 3.8) is 0 Å². The third-order valence-corrected chi connectivity index (χ3v) is 7.39. The maximum atomic E-state index is 15.0. The predicted molar refractivity (Wildman–Crippen MR) is 125 cm³/mol. The van der Waals surface area contributed by atoms with E-state index in [1.54, 1.807) is 20.8 Å². The Hall–Kier alpha value is -3.52. The molecule has 1 amide bonds. The Morgan fingerprint density at radius 1 is 1.29 bits per heavy atom. The van der Waals surface area contributed by atoms with E-state index in [4.69, 9.17) is 16.9 Å². The number of aliphatic imine (C=N–C) groups is 1. The maximum absolute atomic E-state index is 15.0. The maximum Gasteiger partial charge on any atom is 0.275 e. The number of aromatic nitrogens is 2. The second-order valence-corrected chi connectivity index (χ2v) is 9.56. The van der Waals surface area contributed by atoms with Gasteiger partial charge in [0.1, 0.15) is 11.5 Å². The smallest absolute Gasteiger partial charge is 0.275 e. The van der Waals surface area contributed by atoms with Gasteiger partial charge in [0.15, 0.2) is 23.4 Å². The summed E-state index contributed by atoms with van der Waals surface area (Å²) in [7, 11) is 0. The number of hydrogen-bond donors (Lipinski definition) is 2. The first-order chi connectivity index (χ1) is 15.9. The van der Waals surface area contributed by atoms with Crippen LogP contribution in [0.5, 0.6) is 5.88 Å². The van der Waals surface area contributed by atoms with Gasteiger partial charge >= 0.3 is 0 Å². The Kier molecular flexibility index (Phi) is 6.93. The summed E-state index contributed by atoms with van der Waals surface area (Å²) >= 11 is 1.09. The third-order valence-electron chi connectivity index (χ3n) is 6.02. The lowest BCUT2D eigenvalue weighted by Crippen LogP contribution is -2.52. The number of amidine groups is 1. The molecule has 3 atom stereocenters. The number of carbonyl (C=O) groups excluding carboxylic acids is 2. The number of ether oxygens (including phenoxy) is 1. The van der Waals surface area contributed by atoms with Crippen LogP contribution < -0.4 is 15.8 Å². The van der Waals surface area contributed by atoms with Gasteiger partial charge in [-0.1, -0.05) is 24.6 Å². The van der Waals surface area contributed by atoms with Gasteiger partial charge in [0, 0.05) is 23.2 Å². The van der Waals surface area contributed by atoms with Crippen molar-refractivity contribution in [3.05, 3.63) is 47.4 Å². The average molecular weight is 488 g/mol. The van der Waals surface area contributed by atoms with E-state index < -0.39 is 33.7 Å². The molecule has 0 saturated carbocycles. The monoisotopic (exact) mass is 487 g/mol. The predicted octanol–water partition coefficient (Wildman–Crippen LogP) is 3.28. The quantitative estimate of drug-likeness (QED) is 0.600. The summed E-state index contributed by atoms with van der Waals surface area (Å²) in [5.74, 6) is -1.37. The summed E-state index contributed by atoms with van der Waals surface area (Å²) < 4.78 is 33.7. The first kappa shape index (κ1) is 25.1. The van der Waals surface area contributed by atoms with Crippen LogP contribution in [0, 0.1) is 29.9 Å². The van der Waals surface area contributed by atoms with Crippen LogP contribution in [0.1, 0.15) is 43.7 Å². The van der Waals surface area contributed by atoms with Gasteiger partial charge in [-0.25, -0.2) is 18.7 Å². The van der Waals surface area contributed by atoms with Crippen LogP contribution in [0.2, 0.25) is 0 Å². The topological polar surface area (TPSA) is 120 Å². The van der Waals surface area contributed by atoms with E-state index in [-0.39, 0.29) is 40.4 Å². The van der Waals surface area contributed by atoms with Crippen molar-refractivity contribution in [1.29, 1.82) is 0 Å². The standard InChI is InChI=1S/C23H23F2N5O3S/c1-6-7-33-18-11-27-17(10-28-18)20(32)29-14-8-15(19(25)16(24)9-14)22(4)12(2)23(5,13(3)31)34-21(26)30-22/h1,8-12H,7H2,2-5H3,(H2,26,30)(H,29,32)/t12?,22-,23-/m0/s1. The van der Waals surface area contributed by atoms with Gasteiger partial charge < -0.3 is 15.8 Å². The highest BCUT2D eigenvalue weighted by Crippen LogP contribution is 2.51. The number of anilines is 1. The van der Waals surface area contributed by atoms with E-state index in [0.29, 0.717) is 0 Å². The summed E-state index contributed by atoms with van der Waals surface area (Å²) in [5.41, 5.74) is 4.35. The molecule has 1 aromatic carbocycles. The molecular weight excluding hydrogens is 464 g/mol. The molecule has 2 heterocycles. The van der Waals surface area contributed by atoms with Crippen LogP contribution in [0.4, 0.5) is 14.5 Å². The number of carbonyl (C=O) groups is 2. The Morgan fingerprint density at radius 2 is 2.00 bits per heavy atom. The Labute approximate surface area is 199 Å². The van der Waals surface area contributed by atoms with E-state index in [1.165, 1.54) is 19.2 Å². The lowest BCUT2D eigenvalue weighted by molar-refractivity contribution is -0.120. The van der Waals surface area contributed by atoms with Gasteiger partial charge in [-0.3, -0.25) is 14.6 Å². The Balaban J connectivity index is 1.97. The van der Waals surface area contributed by atoms with E-state index >= 15 is 4.39 Å². The number of ketones is 1. The largest absolute Gasteiger partial charge is 0.463 e. The summed E-state index contributed by atoms with van der Waals surface area (Å²) in [6, 6.07) is 2.12. The van der Waals surface area contributed by atoms with Gasteiger partial charge in [0.2, 0.25) is 5.88 Å². The van der Waals surface area contributed by atoms with Crippen LogP contribution in [-0.2, 0) is 10.3 Å². The van der Waals surface area contributed by atoms with Crippen molar-refractivity contribution in [2.75, 3.05) is 11.9 Å². The molecule has 3 rings (SSSR count). The highest BCUT2D eigenvalue weighted by atomic mass is 32.2. The first-order valence-corrected chi connectivity index (χ1v) is 11.0. The fourth-order valence-corrected chi connectivity index (χ4v) is 4.93. The molecule has 2 aromatic rings. The summed E-state index contributed by atoms with van der Waals surface area (Å²) in [5, 5.41) is 2.56. The van der Waals surface area contributed by atoms with E-state index in [1.807, 2.05) is 0 Å². The van der Waals surface area contributed by atoms with Gasteiger partial charge in [-0.15, -0.1) is 6.42 Å². The number of hydrogen-bond acceptors (Lipinski definition) is 8. The number of rotatable bonds is 6. The van der Waals surface area contributed by atoms with Gasteiger partial charge in [-0.05, 0) is 26.8 Å². The number of amides is 1.